The second-order valence-electron chi connectivity index (χ2n) is 8.17. The fourth-order valence-corrected chi connectivity index (χ4v) is 3.14. The lowest BCUT2D eigenvalue weighted by atomic mass is 9.87. The summed E-state index contributed by atoms with van der Waals surface area (Å²) in [5.74, 6) is 0.293. The van der Waals surface area contributed by atoms with Crippen molar-refractivity contribution in [3.05, 3.63) is 83.4 Å². The van der Waals surface area contributed by atoms with Crippen LogP contribution in [-0.4, -0.2) is 10.9 Å². The zero-order chi connectivity index (χ0) is 21.3. The number of hydrogen-bond donors (Lipinski definition) is 1. The second-order valence-corrected chi connectivity index (χ2v) is 8.17. The Labute approximate surface area is 175 Å². The zero-order valence-corrected chi connectivity index (χ0v) is 17.1. The summed E-state index contributed by atoms with van der Waals surface area (Å²) in [6, 6.07) is 22.1. The van der Waals surface area contributed by atoms with Gasteiger partial charge in [-0.05, 0) is 65.6 Å². The van der Waals surface area contributed by atoms with Crippen LogP contribution in [0.25, 0.3) is 22.6 Å². The molecule has 1 N–H and O–H groups in total. The lowest BCUT2D eigenvalue weighted by Gasteiger charge is -2.18. The molecule has 3 aromatic carbocycles. The average molecular weight is 395 g/mol. The molecule has 30 heavy (non-hydrogen) atoms. The van der Waals surface area contributed by atoms with Gasteiger partial charge in [0.15, 0.2) is 5.58 Å². The third-order valence-electron chi connectivity index (χ3n) is 4.92. The molecule has 4 aromatic rings. The lowest BCUT2D eigenvalue weighted by molar-refractivity contribution is 0.102. The predicted molar refractivity (Wildman–Crippen MR) is 117 cm³/mol. The molecule has 0 bridgehead atoms. The fraction of sp³-hybridized carbons (Fsp3) is 0.160. The topological polar surface area (TPSA) is 78.9 Å². The molecule has 1 heterocycles. The number of hydrogen-bond acceptors (Lipinski definition) is 4. The minimum Gasteiger partial charge on any atom is -0.436 e. The maximum absolute atomic E-state index is 12.5. The number of benzene rings is 3. The maximum Gasteiger partial charge on any atom is 0.255 e. The molecule has 1 amide bonds. The van der Waals surface area contributed by atoms with Gasteiger partial charge < -0.3 is 9.73 Å². The highest BCUT2D eigenvalue weighted by molar-refractivity contribution is 6.05. The molecule has 0 fully saturated rings. The molecule has 0 aliphatic rings. The van der Waals surface area contributed by atoms with E-state index in [2.05, 4.69) is 43.2 Å². The van der Waals surface area contributed by atoms with Gasteiger partial charge in [0.1, 0.15) is 5.52 Å². The van der Waals surface area contributed by atoms with E-state index in [1.807, 2.05) is 18.2 Å². The number of carbonyl (C=O) groups is 1. The number of nitriles is 1. The van der Waals surface area contributed by atoms with Gasteiger partial charge in [0.2, 0.25) is 5.89 Å². The number of aromatic nitrogens is 1. The van der Waals surface area contributed by atoms with Gasteiger partial charge >= 0.3 is 0 Å². The molecule has 0 spiro atoms. The Morgan fingerprint density at radius 3 is 2.33 bits per heavy atom. The van der Waals surface area contributed by atoms with Crippen LogP contribution in [0.1, 0.15) is 42.3 Å². The van der Waals surface area contributed by atoms with E-state index in [4.69, 9.17) is 9.68 Å². The van der Waals surface area contributed by atoms with Gasteiger partial charge in [0.25, 0.3) is 5.91 Å². The Hall–Kier alpha value is -3.91. The molecule has 0 atom stereocenters. The van der Waals surface area contributed by atoms with Gasteiger partial charge in [-0.3, -0.25) is 4.79 Å². The highest BCUT2D eigenvalue weighted by atomic mass is 16.3. The number of carbonyl (C=O) groups excluding carboxylic acids is 1. The van der Waals surface area contributed by atoms with E-state index >= 15 is 0 Å². The Balaban J connectivity index is 1.56. The Morgan fingerprint density at radius 1 is 1.00 bits per heavy atom. The van der Waals surface area contributed by atoms with Crippen LogP contribution in [0.5, 0.6) is 0 Å². The molecule has 4 rings (SSSR count). The van der Waals surface area contributed by atoms with E-state index in [0.717, 1.165) is 5.56 Å². The van der Waals surface area contributed by atoms with Crippen LogP contribution in [0.15, 0.2) is 71.1 Å². The van der Waals surface area contributed by atoms with Crippen LogP contribution in [0.4, 0.5) is 5.69 Å². The van der Waals surface area contributed by atoms with Crippen molar-refractivity contribution < 1.29 is 9.21 Å². The first kappa shape index (κ1) is 19.4. The van der Waals surface area contributed by atoms with Crippen LogP contribution in [-0.2, 0) is 5.41 Å². The average Bonchev–Trinajstić information content (AvgIpc) is 3.16. The van der Waals surface area contributed by atoms with Crippen molar-refractivity contribution in [3.63, 3.8) is 0 Å². The number of fused-ring (bicyclic) bond motifs is 1. The largest absolute Gasteiger partial charge is 0.436 e. The quantitative estimate of drug-likeness (QED) is 0.467. The van der Waals surface area contributed by atoms with Gasteiger partial charge in [0.05, 0.1) is 11.6 Å². The maximum atomic E-state index is 12.5. The van der Waals surface area contributed by atoms with Crippen molar-refractivity contribution in [2.75, 3.05) is 5.32 Å². The minimum absolute atomic E-state index is 0.0852. The van der Waals surface area contributed by atoms with E-state index in [0.29, 0.717) is 33.8 Å². The van der Waals surface area contributed by atoms with Crippen molar-refractivity contribution in [1.82, 2.24) is 4.98 Å². The Bertz CT molecular complexity index is 1260. The molecule has 1 aromatic heterocycles. The predicted octanol–water partition coefficient (Wildman–Crippen LogP) is 5.92. The smallest absolute Gasteiger partial charge is 0.255 e. The molecular weight excluding hydrogens is 374 g/mol. The molecule has 0 saturated carbocycles. The number of nitrogens with zero attached hydrogens (tertiary/aromatic N) is 2. The Kier molecular flexibility index (Phi) is 4.85. The molecule has 148 valence electrons. The molecular formula is C25H21N3O2. The molecule has 0 aliphatic carbocycles. The normalized spacial score (nSPS) is 11.3. The summed E-state index contributed by atoms with van der Waals surface area (Å²) >= 11 is 0. The standard InChI is InChI=1S/C25H21N3O2/c1-25(2,3)19-10-8-18(9-11-19)24-28-21-14-20(12-13-22(21)30-24)27-23(29)17-6-4-16(15-26)5-7-17/h4-14H,1-3H3,(H,27,29). The van der Waals surface area contributed by atoms with Crippen molar-refractivity contribution in [3.8, 4) is 17.5 Å². The number of nitrogens with one attached hydrogen (secondary N) is 1. The van der Waals surface area contributed by atoms with Gasteiger partial charge in [-0.15, -0.1) is 0 Å². The van der Waals surface area contributed by atoms with E-state index in [1.165, 1.54) is 5.56 Å². The number of anilines is 1. The van der Waals surface area contributed by atoms with Gasteiger partial charge in [0, 0.05) is 16.8 Å². The summed E-state index contributed by atoms with van der Waals surface area (Å²) in [6.07, 6.45) is 0. The van der Waals surface area contributed by atoms with Crippen molar-refractivity contribution in [2.45, 2.75) is 26.2 Å². The summed E-state index contributed by atoms with van der Waals surface area (Å²) in [6.45, 7) is 6.53. The summed E-state index contributed by atoms with van der Waals surface area (Å²) in [4.78, 5) is 17.0. The highest BCUT2D eigenvalue weighted by Gasteiger charge is 2.15. The number of oxazole rings is 1. The van der Waals surface area contributed by atoms with Gasteiger partial charge in [-0.25, -0.2) is 4.98 Å². The van der Waals surface area contributed by atoms with Crippen molar-refractivity contribution in [1.29, 1.82) is 5.26 Å². The number of amides is 1. The van der Waals surface area contributed by atoms with Gasteiger partial charge in [-0.2, -0.15) is 5.26 Å². The second kappa shape index (κ2) is 7.49. The van der Waals surface area contributed by atoms with E-state index in [-0.39, 0.29) is 11.3 Å². The summed E-state index contributed by atoms with van der Waals surface area (Å²) < 4.78 is 5.90. The van der Waals surface area contributed by atoms with Crippen LogP contribution >= 0.6 is 0 Å². The molecule has 0 aliphatic heterocycles. The Morgan fingerprint density at radius 2 is 1.70 bits per heavy atom. The molecule has 0 saturated heterocycles. The first-order valence-corrected chi connectivity index (χ1v) is 9.66. The van der Waals surface area contributed by atoms with E-state index in [9.17, 15) is 4.79 Å². The third-order valence-corrected chi connectivity index (χ3v) is 4.92. The fourth-order valence-electron chi connectivity index (χ4n) is 3.14. The molecule has 5 nitrogen and oxygen atoms in total. The van der Waals surface area contributed by atoms with Gasteiger partial charge in [-0.1, -0.05) is 32.9 Å². The molecule has 5 heteroatoms. The zero-order valence-electron chi connectivity index (χ0n) is 17.1. The van der Waals surface area contributed by atoms with Crippen LogP contribution < -0.4 is 5.32 Å². The first-order chi connectivity index (χ1) is 14.3. The molecule has 0 radical (unpaired) electrons. The summed E-state index contributed by atoms with van der Waals surface area (Å²) in [7, 11) is 0. The van der Waals surface area contributed by atoms with E-state index < -0.39 is 0 Å². The highest BCUT2D eigenvalue weighted by Crippen LogP contribution is 2.29. The molecule has 0 unspecified atom stereocenters. The minimum atomic E-state index is -0.250. The van der Waals surface area contributed by atoms with Crippen molar-refractivity contribution >= 4 is 22.7 Å². The SMILES string of the molecule is CC(C)(C)c1ccc(-c2nc3cc(NC(=O)c4ccc(C#N)cc4)ccc3o2)cc1. The van der Waals surface area contributed by atoms with E-state index in [1.54, 1.807) is 42.5 Å². The van der Waals surface area contributed by atoms with Crippen molar-refractivity contribution in [2.24, 2.45) is 0 Å². The number of rotatable bonds is 3. The third kappa shape index (κ3) is 3.94. The summed E-state index contributed by atoms with van der Waals surface area (Å²) in [5, 5.41) is 11.7. The van der Waals surface area contributed by atoms with Crippen LogP contribution in [0.2, 0.25) is 0 Å². The first-order valence-electron chi connectivity index (χ1n) is 9.66. The van der Waals surface area contributed by atoms with Crippen LogP contribution in [0, 0.1) is 11.3 Å². The van der Waals surface area contributed by atoms with Crippen LogP contribution in [0.3, 0.4) is 0 Å². The monoisotopic (exact) mass is 395 g/mol. The lowest BCUT2D eigenvalue weighted by Crippen LogP contribution is -2.11. The summed E-state index contributed by atoms with van der Waals surface area (Å²) in [5.41, 5.74) is 5.18.